The molecule has 0 saturated heterocycles. The van der Waals surface area contributed by atoms with Crippen LogP contribution in [0.3, 0.4) is 0 Å². The van der Waals surface area contributed by atoms with Crippen LogP contribution in [0.1, 0.15) is 32.8 Å². The smallest absolute Gasteiger partial charge is 0.124 e. The second kappa shape index (κ2) is 5.28. The van der Waals surface area contributed by atoms with Crippen LogP contribution in [0.15, 0.2) is 22.7 Å². The van der Waals surface area contributed by atoms with Crippen LogP contribution in [0, 0.1) is 11.7 Å². The number of hydrogen-bond donors (Lipinski definition) is 1. The van der Waals surface area contributed by atoms with E-state index in [9.17, 15) is 4.39 Å². The van der Waals surface area contributed by atoms with E-state index in [1.165, 1.54) is 12.1 Å². The topological polar surface area (TPSA) is 26.0 Å². The molecule has 90 valence electrons. The summed E-state index contributed by atoms with van der Waals surface area (Å²) in [5.74, 6) is 0.175. The standard InChI is InChI=1S/C13H19BrFN/c1-4-13(16,9(2)3)8-10-5-6-11(15)7-12(10)14/h5-7,9H,4,8,16H2,1-3H3. The lowest BCUT2D eigenvalue weighted by Gasteiger charge is -2.33. The molecule has 2 N–H and O–H groups in total. The molecule has 0 saturated carbocycles. The van der Waals surface area contributed by atoms with Gasteiger partial charge in [-0.05, 0) is 36.5 Å². The molecule has 0 heterocycles. The first-order valence-electron chi connectivity index (χ1n) is 5.62. The van der Waals surface area contributed by atoms with Crippen molar-refractivity contribution >= 4 is 15.9 Å². The molecule has 1 rings (SSSR count). The first-order chi connectivity index (χ1) is 7.39. The highest BCUT2D eigenvalue weighted by Gasteiger charge is 2.27. The van der Waals surface area contributed by atoms with Crippen molar-refractivity contribution in [1.29, 1.82) is 0 Å². The molecule has 1 nitrogen and oxygen atoms in total. The van der Waals surface area contributed by atoms with Gasteiger partial charge in [0.05, 0.1) is 0 Å². The second-order valence-electron chi connectivity index (χ2n) is 4.65. The fraction of sp³-hybridized carbons (Fsp3) is 0.538. The Labute approximate surface area is 105 Å². The van der Waals surface area contributed by atoms with E-state index >= 15 is 0 Å². The number of rotatable bonds is 4. The fourth-order valence-electron chi connectivity index (χ4n) is 1.76. The first kappa shape index (κ1) is 13.7. The lowest BCUT2D eigenvalue weighted by molar-refractivity contribution is 0.296. The molecule has 1 aromatic rings. The fourth-order valence-corrected chi connectivity index (χ4v) is 2.25. The van der Waals surface area contributed by atoms with Crippen LogP contribution in [0.5, 0.6) is 0 Å². The van der Waals surface area contributed by atoms with E-state index in [1.807, 2.05) is 0 Å². The summed E-state index contributed by atoms with van der Waals surface area (Å²) in [7, 11) is 0. The van der Waals surface area contributed by atoms with Gasteiger partial charge in [0.1, 0.15) is 5.82 Å². The van der Waals surface area contributed by atoms with Gasteiger partial charge in [0.2, 0.25) is 0 Å². The van der Waals surface area contributed by atoms with Crippen LogP contribution in [-0.2, 0) is 6.42 Å². The van der Waals surface area contributed by atoms with Gasteiger partial charge in [-0.25, -0.2) is 4.39 Å². The molecular formula is C13H19BrFN. The van der Waals surface area contributed by atoms with Gasteiger partial charge in [0.15, 0.2) is 0 Å². The maximum atomic E-state index is 13.0. The summed E-state index contributed by atoms with van der Waals surface area (Å²) in [6.45, 7) is 6.35. The summed E-state index contributed by atoms with van der Waals surface area (Å²) < 4.78 is 13.8. The normalized spacial score (nSPS) is 15.2. The quantitative estimate of drug-likeness (QED) is 0.893. The van der Waals surface area contributed by atoms with Crippen molar-refractivity contribution in [1.82, 2.24) is 0 Å². The summed E-state index contributed by atoms with van der Waals surface area (Å²) in [4.78, 5) is 0. The third-order valence-corrected chi connectivity index (χ3v) is 4.08. The van der Waals surface area contributed by atoms with Gasteiger partial charge in [-0.2, -0.15) is 0 Å². The van der Waals surface area contributed by atoms with Crippen molar-refractivity contribution in [3.05, 3.63) is 34.1 Å². The van der Waals surface area contributed by atoms with Crippen molar-refractivity contribution in [2.75, 3.05) is 0 Å². The van der Waals surface area contributed by atoms with Crippen LogP contribution in [0.2, 0.25) is 0 Å². The number of hydrogen-bond acceptors (Lipinski definition) is 1. The van der Waals surface area contributed by atoms with Crippen LogP contribution >= 0.6 is 15.9 Å². The predicted octanol–water partition coefficient (Wildman–Crippen LogP) is 3.89. The van der Waals surface area contributed by atoms with Gasteiger partial charge in [-0.15, -0.1) is 0 Å². The van der Waals surface area contributed by atoms with E-state index in [-0.39, 0.29) is 11.4 Å². The highest BCUT2D eigenvalue weighted by molar-refractivity contribution is 9.10. The molecule has 16 heavy (non-hydrogen) atoms. The molecular weight excluding hydrogens is 269 g/mol. The Hall–Kier alpha value is -0.410. The van der Waals surface area contributed by atoms with Crippen LogP contribution in [0.4, 0.5) is 4.39 Å². The number of benzene rings is 1. The van der Waals surface area contributed by atoms with Gasteiger partial charge < -0.3 is 5.73 Å². The van der Waals surface area contributed by atoms with Crippen molar-refractivity contribution in [3.63, 3.8) is 0 Å². The van der Waals surface area contributed by atoms with Gasteiger partial charge >= 0.3 is 0 Å². The summed E-state index contributed by atoms with van der Waals surface area (Å²) in [5.41, 5.74) is 7.21. The van der Waals surface area contributed by atoms with Crippen LogP contribution in [-0.4, -0.2) is 5.54 Å². The first-order valence-corrected chi connectivity index (χ1v) is 6.41. The number of halogens is 2. The highest BCUT2D eigenvalue weighted by Crippen LogP contribution is 2.27. The molecule has 1 unspecified atom stereocenters. The van der Waals surface area contributed by atoms with E-state index in [4.69, 9.17) is 5.73 Å². The lowest BCUT2D eigenvalue weighted by Crippen LogP contribution is -2.46. The minimum atomic E-state index is -0.223. The molecule has 1 atom stereocenters. The van der Waals surface area contributed by atoms with Crippen molar-refractivity contribution in [3.8, 4) is 0 Å². The maximum absolute atomic E-state index is 13.0. The summed E-state index contributed by atoms with van der Waals surface area (Å²) >= 11 is 3.38. The van der Waals surface area contributed by atoms with Crippen molar-refractivity contribution in [2.45, 2.75) is 39.2 Å². The zero-order chi connectivity index (χ0) is 12.3. The third kappa shape index (κ3) is 3.05. The SMILES string of the molecule is CCC(N)(Cc1ccc(F)cc1Br)C(C)C. The Morgan fingerprint density at radius 2 is 2.06 bits per heavy atom. The highest BCUT2D eigenvalue weighted by atomic mass is 79.9. The molecule has 0 aromatic heterocycles. The maximum Gasteiger partial charge on any atom is 0.124 e. The molecule has 0 spiro atoms. The zero-order valence-corrected chi connectivity index (χ0v) is 11.6. The summed E-state index contributed by atoms with van der Waals surface area (Å²) in [5, 5.41) is 0. The minimum Gasteiger partial charge on any atom is -0.325 e. The Kier molecular flexibility index (Phi) is 4.51. The average molecular weight is 288 g/mol. The second-order valence-corrected chi connectivity index (χ2v) is 5.51. The zero-order valence-electron chi connectivity index (χ0n) is 10.1. The summed E-state index contributed by atoms with van der Waals surface area (Å²) in [6.07, 6.45) is 1.68. The number of nitrogens with two attached hydrogens (primary N) is 1. The Morgan fingerprint density at radius 3 is 2.50 bits per heavy atom. The third-order valence-electron chi connectivity index (χ3n) is 3.34. The average Bonchev–Trinajstić information content (AvgIpc) is 2.22. The Bertz CT molecular complexity index is 365. The molecule has 0 aliphatic rings. The summed E-state index contributed by atoms with van der Waals surface area (Å²) in [6, 6.07) is 4.78. The molecule has 0 radical (unpaired) electrons. The van der Waals surface area contributed by atoms with Crippen LogP contribution < -0.4 is 5.73 Å². The molecule has 0 amide bonds. The van der Waals surface area contributed by atoms with E-state index in [2.05, 4.69) is 36.7 Å². The van der Waals surface area contributed by atoms with Crippen molar-refractivity contribution < 1.29 is 4.39 Å². The van der Waals surface area contributed by atoms with E-state index in [0.717, 1.165) is 22.9 Å². The van der Waals surface area contributed by atoms with Crippen LogP contribution in [0.25, 0.3) is 0 Å². The molecule has 0 fully saturated rings. The molecule has 3 heteroatoms. The Balaban J connectivity index is 2.95. The molecule has 1 aromatic carbocycles. The molecule has 0 bridgehead atoms. The minimum absolute atomic E-state index is 0.222. The molecule has 0 aliphatic heterocycles. The van der Waals surface area contributed by atoms with Gasteiger partial charge in [-0.3, -0.25) is 0 Å². The van der Waals surface area contributed by atoms with Gasteiger partial charge in [0.25, 0.3) is 0 Å². The van der Waals surface area contributed by atoms with E-state index < -0.39 is 0 Å². The van der Waals surface area contributed by atoms with E-state index in [0.29, 0.717) is 5.92 Å². The van der Waals surface area contributed by atoms with E-state index in [1.54, 1.807) is 6.07 Å². The Morgan fingerprint density at radius 1 is 1.44 bits per heavy atom. The lowest BCUT2D eigenvalue weighted by atomic mass is 9.80. The van der Waals surface area contributed by atoms with Gasteiger partial charge in [-0.1, -0.05) is 42.8 Å². The molecule has 0 aliphatic carbocycles. The largest absolute Gasteiger partial charge is 0.325 e. The predicted molar refractivity (Wildman–Crippen MR) is 69.9 cm³/mol. The van der Waals surface area contributed by atoms with Gasteiger partial charge in [0, 0.05) is 10.0 Å². The monoisotopic (exact) mass is 287 g/mol. The van der Waals surface area contributed by atoms with Crippen molar-refractivity contribution in [2.24, 2.45) is 11.7 Å².